The second kappa shape index (κ2) is 12.6. The summed E-state index contributed by atoms with van der Waals surface area (Å²) >= 11 is 8.63. The van der Waals surface area contributed by atoms with Crippen LogP contribution < -0.4 is 20.9 Å². The van der Waals surface area contributed by atoms with Gasteiger partial charge in [-0.05, 0) is 67.1 Å². The van der Waals surface area contributed by atoms with Crippen LogP contribution in [0.15, 0.2) is 53.0 Å². The van der Waals surface area contributed by atoms with Crippen LogP contribution in [-0.2, 0) is 11.3 Å². The molecule has 2 aromatic carbocycles. The fourth-order valence-electron chi connectivity index (χ4n) is 3.06. The van der Waals surface area contributed by atoms with E-state index in [0.717, 1.165) is 61.6 Å². The minimum absolute atomic E-state index is 0.261. The van der Waals surface area contributed by atoms with E-state index in [-0.39, 0.29) is 5.91 Å². The van der Waals surface area contributed by atoms with E-state index in [4.69, 9.17) is 21.7 Å². The molecule has 0 radical (unpaired) electrons. The molecule has 0 aromatic heterocycles. The quantitative estimate of drug-likeness (QED) is 0.288. The number of halogens is 1. The summed E-state index contributed by atoms with van der Waals surface area (Å²) in [5.41, 5.74) is 6.81. The number of hydrogen-bond acceptors (Lipinski definition) is 5. The summed E-state index contributed by atoms with van der Waals surface area (Å²) in [5, 5.41) is 3.50. The average Bonchev–Trinajstić information content (AvgIpc) is 2.81. The third kappa shape index (κ3) is 8.45. The number of hydrazine groups is 1. The van der Waals surface area contributed by atoms with Crippen LogP contribution in [0.25, 0.3) is 0 Å². The van der Waals surface area contributed by atoms with Gasteiger partial charge >= 0.3 is 0 Å². The normalized spacial score (nSPS) is 14.0. The molecule has 1 amide bonds. The first-order valence-corrected chi connectivity index (χ1v) is 11.4. The predicted octanol–water partition coefficient (Wildman–Crippen LogP) is 2.86. The summed E-state index contributed by atoms with van der Waals surface area (Å²) in [5.74, 6) is 0.507. The number of benzene rings is 2. The summed E-state index contributed by atoms with van der Waals surface area (Å²) in [6.07, 6.45) is 0.968. The summed E-state index contributed by atoms with van der Waals surface area (Å²) in [7, 11) is 0. The van der Waals surface area contributed by atoms with Crippen LogP contribution in [0.4, 0.5) is 0 Å². The van der Waals surface area contributed by atoms with Crippen LogP contribution in [0.3, 0.4) is 0 Å². The van der Waals surface area contributed by atoms with Crippen LogP contribution in [0.1, 0.15) is 22.3 Å². The molecule has 3 N–H and O–H groups in total. The number of hydrogen-bond donors (Lipinski definition) is 3. The van der Waals surface area contributed by atoms with E-state index in [2.05, 4.69) is 37.0 Å². The number of rotatable bonds is 8. The third-order valence-corrected chi connectivity index (χ3v) is 5.51. The maximum absolute atomic E-state index is 12.4. The topological polar surface area (TPSA) is 74.9 Å². The second-order valence-electron chi connectivity index (χ2n) is 7.09. The van der Waals surface area contributed by atoms with Crippen LogP contribution in [0, 0.1) is 0 Å². The standard InChI is InChI=1S/C22H27BrN4O3S/c23-19-5-7-20(8-6-19)30-16-17-3-1-4-18(15-17)21(28)25-26-22(31)24-9-2-10-27-11-13-29-14-12-27/h1,3-8,15H,2,9-14,16H2,(H,25,28)(H2,24,26,31). The highest BCUT2D eigenvalue weighted by atomic mass is 79.9. The van der Waals surface area contributed by atoms with E-state index < -0.39 is 0 Å². The molecule has 1 aliphatic rings. The Morgan fingerprint density at radius 2 is 1.90 bits per heavy atom. The molecule has 31 heavy (non-hydrogen) atoms. The van der Waals surface area contributed by atoms with Crippen molar-refractivity contribution in [3.05, 3.63) is 64.1 Å². The first kappa shape index (κ1) is 23.5. The van der Waals surface area contributed by atoms with Crippen molar-refractivity contribution in [1.82, 2.24) is 21.1 Å². The van der Waals surface area contributed by atoms with E-state index in [1.54, 1.807) is 12.1 Å². The maximum Gasteiger partial charge on any atom is 0.269 e. The fraction of sp³-hybridized carbons (Fsp3) is 0.364. The number of ether oxygens (including phenoxy) is 2. The van der Waals surface area contributed by atoms with Gasteiger partial charge in [0.1, 0.15) is 12.4 Å². The molecule has 166 valence electrons. The lowest BCUT2D eigenvalue weighted by Gasteiger charge is -2.26. The largest absolute Gasteiger partial charge is 0.489 e. The average molecular weight is 507 g/mol. The zero-order valence-electron chi connectivity index (χ0n) is 17.2. The molecule has 1 fully saturated rings. The molecule has 7 nitrogen and oxygen atoms in total. The second-order valence-corrected chi connectivity index (χ2v) is 8.41. The van der Waals surface area contributed by atoms with Crippen LogP contribution in [0.5, 0.6) is 5.75 Å². The van der Waals surface area contributed by atoms with E-state index >= 15 is 0 Å². The molecule has 1 aliphatic heterocycles. The summed E-state index contributed by atoms with van der Waals surface area (Å²) < 4.78 is 12.1. The Morgan fingerprint density at radius 3 is 2.68 bits per heavy atom. The smallest absolute Gasteiger partial charge is 0.269 e. The molecule has 2 aromatic rings. The minimum Gasteiger partial charge on any atom is -0.489 e. The summed E-state index contributed by atoms with van der Waals surface area (Å²) in [4.78, 5) is 14.8. The highest BCUT2D eigenvalue weighted by Crippen LogP contribution is 2.17. The van der Waals surface area contributed by atoms with Crippen molar-refractivity contribution in [2.45, 2.75) is 13.0 Å². The first-order valence-electron chi connectivity index (χ1n) is 10.2. The Bertz CT molecular complexity index is 860. The Balaban J connectivity index is 1.36. The molecule has 1 saturated heterocycles. The molecule has 3 rings (SSSR count). The molecule has 0 saturated carbocycles. The number of nitrogens with one attached hydrogen (secondary N) is 3. The van der Waals surface area contributed by atoms with E-state index in [0.29, 0.717) is 17.3 Å². The molecular formula is C22H27BrN4O3S. The highest BCUT2D eigenvalue weighted by molar-refractivity contribution is 9.10. The van der Waals surface area contributed by atoms with Crippen LogP contribution >= 0.6 is 28.1 Å². The molecule has 0 bridgehead atoms. The molecule has 0 spiro atoms. The highest BCUT2D eigenvalue weighted by Gasteiger charge is 2.10. The van der Waals surface area contributed by atoms with Crippen molar-refractivity contribution in [3.63, 3.8) is 0 Å². The van der Waals surface area contributed by atoms with Crippen molar-refractivity contribution >= 4 is 39.2 Å². The van der Waals surface area contributed by atoms with Crippen molar-refractivity contribution < 1.29 is 14.3 Å². The zero-order valence-corrected chi connectivity index (χ0v) is 19.6. The van der Waals surface area contributed by atoms with Gasteiger partial charge < -0.3 is 14.8 Å². The number of amides is 1. The van der Waals surface area contributed by atoms with Gasteiger partial charge in [0.25, 0.3) is 5.91 Å². The van der Waals surface area contributed by atoms with Gasteiger partial charge in [-0.1, -0.05) is 28.1 Å². The first-order chi connectivity index (χ1) is 15.1. The van der Waals surface area contributed by atoms with Gasteiger partial charge in [0.15, 0.2) is 5.11 Å². The molecule has 0 atom stereocenters. The SMILES string of the molecule is O=C(NNC(=S)NCCCN1CCOCC1)c1cccc(COc2ccc(Br)cc2)c1. The van der Waals surface area contributed by atoms with E-state index in [9.17, 15) is 4.79 Å². The Kier molecular flexibility index (Phi) is 9.54. The Labute approximate surface area is 196 Å². The molecule has 0 unspecified atom stereocenters. The maximum atomic E-state index is 12.4. The van der Waals surface area contributed by atoms with Crippen molar-refractivity contribution in [1.29, 1.82) is 0 Å². The van der Waals surface area contributed by atoms with Gasteiger partial charge in [-0.2, -0.15) is 0 Å². The Hall–Kier alpha value is -2.20. The molecule has 9 heteroatoms. The van der Waals surface area contributed by atoms with Crippen LogP contribution in [0.2, 0.25) is 0 Å². The van der Waals surface area contributed by atoms with Crippen molar-refractivity contribution in [2.24, 2.45) is 0 Å². The lowest BCUT2D eigenvalue weighted by atomic mass is 10.1. The van der Waals surface area contributed by atoms with Crippen molar-refractivity contribution in [3.8, 4) is 5.75 Å². The number of nitrogens with zero attached hydrogens (tertiary/aromatic N) is 1. The number of thiocarbonyl (C=S) groups is 1. The number of carbonyl (C=O) groups is 1. The monoisotopic (exact) mass is 506 g/mol. The van der Waals surface area contributed by atoms with Gasteiger partial charge in [-0.3, -0.25) is 20.5 Å². The van der Waals surface area contributed by atoms with Gasteiger partial charge in [0, 0.05) is 29.7 Å². The predicted molar refractivity (Wildman–Crippen MR) is 128 cm³/mol. The lowest BCUT2D eigenvalue weighted by Crippen LogP contribution is -2.47. The molecule has 0 aliphatic carbocycles. The Morgan fingerprint density at radius 1 is 1.13 bits per heavy atom. The van der Waals surface area contributed by atoms with Gasteiger partial charge in [-0.25, -0.2) is 0 Å². The fourth-order valence-corrected chi connectivity index (χ4v) is 3.48. The van der Waals surface area contributed by atoms with Crippen LogP contribution in [-0.4, -0.2) is 55.3 Å². The lowest BCUT2D eigenvalue weighted by molar-refractivity contribution is 0.0376. The van der Waals surface area contributed by atoms with Crippen molar-refractivity contribution in [2.75, 3.05) is 39.4 Å². The van der Waals surface area contributed by atoms with E-state index in [1.807, 2.05) is 36.4 Å². The number of carbonyl (C=O) groups excluding carboxylic acids is 1. The summed E-state index contributed by atoms with van der Waals surface area (Å²) in [6.45, 7) is 5.67. The van der Waals surface area contributed by atoms with Gasteiger partial charge in [-0.15, -0.1) is 0 Å². The van der Waals surface area contributed by atoms with Gasteiger partial charge in [0.05, 0.1) is 13.2 Å². The molecular weight excluding hydrogens is 480 g/mol. The van der Waals surface area contributed by atoms with Gasteiger partial charge in [0.2, 0.25) is 0 Å². The third-order valence-electron chi connectivity index (χ3n) is 4.74. The molecule has 1 heterocycles. The summed E-state index contributed by atoms with van der Waals surface area (Å²) in [6, 6.07) is 14.9. The zero-order chi connectivity index (χ0) is 21.9. The minimum atomic E-state index is -0.261. The number of morpholine rings is 1. The van der Waals surface area contributed by atoms with E-state index in [1.165, 1.54) is 0 Å².